The van der Waals surface area contributed by atoms with E-state index in [4.69, 9.17) is 5.73 Å². The SMILES string of the molecule is CC1(CNc2ccc3ncccc3c2N)CCCS1. The van der Waals surface area contributed by atoms with Gasteiger partial charge >= 0.3 is 0 Å². The number of nitrogens with one attached hydrogen (secondary N) is 1. The predicted molar refractivity (Wildman–Crippen MR) is 84.7 cm³/mol. The summed E-state index contributed by atoms with van der Waals surface area (Å²) in [5, 5.41) is 4.54. The lowest BCUT2D eigenvalue weighted by Crippen LogP contribution is -2.27. The third kappa shape index (κ3) is 2.50. The Morgan fingerprint density at radius 3 is 3.11 bits per heavy atom. The van der Waals surface area contributed by atoms with E-state index in [0.29, 0.717) is 4.75 Å². The van der Waals surface area contributed by atoms with Crippen LogP contribution >= 0.6 is 11.8 Å². The molecule has 0 aliphatic carbocycles. The summed E-state index contributed by atoms with van der Waals surface area (Å²) in [7, 11) is 0. The number of fused-ring (bicyclic) bond motifs is 1. The van der Waals surface area contributed by atoms with E-state index >= 15 is 0 Å². The number of anilines is 2. The summed E-state index contributed by atoms with van der Waals surface area (Å²) in [6.45, 7) is 3.30. The Morgan fingerprint density at radius 2 is 2.32 bits per heavy atom. The van der Waals surface area contributed by atoms with Crippen molar-refractivity contribution in [1.29, 1.82) is 0 Å². The molecule has 1 aliphatic rings. The minimum atomic E-state index is 0.344. The van der Waals surface area contributed by atoms with Gasteiger partial charge in [0.15, 0.2) is 0 Å². The van der Waals surface area contributed by atoms with Crippen molar-refractivity contribution in [2.45, 2.75) is 24.5 Å². The zero-order valence-electron chi connectivity index (χ0n) is 11.1. The fraction of sp³-hybridized carbons (Fsp3) is 0.400. The highest BCUT2D eigenvalue weighted by Crippen LogP contribution is 2.38. The molecule has 1 aliphatic heterocycles. The smallest absolute Gasteiger partial charge is 0.0724 e. The van der Waals surface area contributed by atoms with Crippen LogP contribution in [0, 0.1) is 0 Å². The molecule has 3 rings (SSSR count). The van der Waals surface area contributed by atoms with E-state index in [9.17, 15) is 0 Å². The Balaban J connectivity index is 1.83. The lowest BCUT2D eigenvalue weighted by molar-refractivity contribution is 0.635. The van der Waals surface area contributed by atoms with Crippen molar-refractivity contribution >= 4 is 34.0 Å². The maximum atomic E-state index is 6.24. The number of nitrogens with two attached hydrogens (primary N) is 1. The van der Waals surface area contributed by atoms with Gasteiger partial charge in [-0.15, -0.1) is 0 Å². The number of hydrogen-bond donors (Lipinski definition) is 2. The fourth-order valence-electron chi connectivity index (χ4n) is 2.59. The highest BCUT2D eigenvalue weighted by atomic mass is 32.2. The van der Waals surface area contributed by atoms with Gasteiger partial charge in [0.1, 0.15) is 0 Å². The fourth-order valence-corrected chi connectivity index (χ4v) is 3.83. The molecule has 1 aromatic heterocycles. The monoisotopic (exact) mass is 273 g/mol. The van der Waals surface area contributed by atoms with Crippen molar-refractivity contribution in [1.82, 2.24) is 4.98 Å². The Hall–Kier alpha value is -1.42. The summed E-state index contributed by atoms with van der Waals surface area (Å²) in [4.78, 5) is 4.32. The molecular weight excluding hydrogens is 254 g/mol. The van der Waals surface area contributed by atoms with Gasteiger partial charge in [-0.1, -0.05) is 0 Å². The summed E-state index contributed by atoms with van der Waals surface area (Å²) in [6, 6.07) is 8.01. The van der Waals surface area contributed by atoms with Gasteiger partial charge in [-0.2, -0.15) is 11.8 Å². The maximum absolute atomic E-state index is 6.24. The molecule has 1 saturated heterocycles. The van der Waals surface area contributed by atoms with Gasteiger partial charge in [0, 0.05) is 22.9 Å². The molecule has 2 heterocycles. The summed E-state index contributed by atoms with van der Waals surface area (Å²) in [6.07, 6.45) is 4.39. The van der Waals surface area contributed by atoms with Crippen LogP contribution in [0.15, 0.2) is 30.5 Å². The minimum absolute atomic E-state index is 0.344. The first-order chi connectivity index (χ1) is 9.18. The van der Waals surface area contributed by atoms with E-state index in [0.717, 1.165) is 28.8 Å². The van der Waals surface area contributed by atoms with E-state index in [1.54, 1.807) is 6.20 Å². The molecule has 0 spiro atoms. The average molecular weight is 273 g/mol. The lowest BCUT2D eigenvalue weighted by Gasteiger charge is -2.24. The standard InChI is InChI=1S/C15H19N3S/c1-15(7-3-9-19-15)10-18-13-6-5-12-11(14(13)16)4-2-8-17-12/h2,4-6,8,18H,3,7,9-10,16H2,1H3. The molecule has 19 heavy (non-hydrogen) atoms. The van der Waals surface area contributed by atoms with E-state index < -0.39 is 0 Å². The van der Waals surface area contributed by atoms with Crippen molar-refractivity contribution in [3.8, 4) is 0 Å². The third-order valence-corrected chi connectivity index (χ3v) is 5.32. The molecule has 1 unspecified atom stereocenters. The van der Waals surface area contributed by atoms with Crippen molar-refractivity contribution in [3.63, 3.8) is 0 Å². The van der Waals surface area contributed by atoms with Crippen LogP contribution in [-0.2, 0) is 0 Å². The summed E-state index contributed by atoms with van der Waals surface area (Å²) in [5.74, 6) is 1.27. The molecule has 1 atom stereocenters. The summed E-state index contributed by atoms with van der Waals surface area (Å²) < 4.78 is 0.344. The van der Waals surface area contributed by atoms with Crippen LogP contribution in [0.3, 0.4) is 0 Å². The van der Waals surface area contributed by atoms with Crippen LogP contribution in [0.25, 0.3) is 10.9 Å². The Morgan fingerprint density at radius 1 is 1.42 bits per heavy atom. The topological polar surface area (TPSA) is 50.9 Å². The normalized spacial score (nSPS) is 22.8. The molecule has 1 fully saturated rings. The van der Waals surface area contributed by atoms with Gasteiger partial charge in [-0.3, -0.25) is 4.98 Å². The second-order valence-corrected chi connectivity index (χ2v) is 7.03. The molecule has 0 amide bonds. The molecule has 3 nitrogen and oxygen atoms in total. The van der Waals surface area contributed by atoms with Crippen LogP contribution in [0.4, 0.5) is 11.4 Å². The molecule has 0 bridgehead atoms. The van der Waals surface area contributed by atoms with Crippen LogP contribution < -0.4 is 11.1 Å². The van der Waals surface area contributed by atoms with Crippen molar-refractivity contribution in [2.24, 2.45) is 0 Å². The first-order valence-electron chi connectivity index (χ1n) is 6.69. The Kier molecular flexibility index (Phi) is 3.27. The minimum Gasteiger partial charge on any atom is -0.397 e. The molecule has 3 N–H and O–H groups in total. The first-order valence-corrected chi connectivity index (χ1v) is 7.68. The van der Waals surface area contributed by atoms with E-state index in [1.807, 2.05) is 24.3 Å². The van der Waals surface area contributed by atoms with Crippen molar-refractivity contribution in [3.05, 3.63) is 30.5 Å². The number of pyridine rings is 1. The zero-order chi connectivity index (χ0) is 13.3. The predicted octanol–water partition coefficient (Wildman–Crippen LogP) is 3.51. The van der Waals surface area contributed by atoms with Crippen LogP contribution in [0.1, 0.15) is 19.8 Å². The van der Waals surface area contributed by atoms with Crippen molar-refractivity contribution < 1.29 is 0 Å². The molecular formula is C15H19N3S. The lowest BCUT2D eigenvalue weighted by atomic mass is 10.1. The Bertz CT molecular complexity index is 591. The van der Waals surface area contributed by atoms with Gasteiger partial charge < -0.3 is 11.1 Å². The molecule has 4 heteroatoms. The van der Waals surface area contributed by atoms with Gasteiger partial charge in [0.25, 0.3) is 0 Å². The number of aromatic nitrogens is 1. The number of thioether (sulfide) groups is 1. The first kappa shape index (κ1) is 12.6. The van der Waals surface area contributed by atoms with Gasteiger partial charge in [-0.05, 0) is 49.8 Å². The summed E-state index contributed by atoms with van der Waals surface area (Å²) in [5.41, 5.74) is 9.01. The second-order valence-electron chi connectivity index (χ2n) is 5.35. The third-order valence-electron chi connectivity index (χ3n) is 3.78. The van der Waals surface area contributed by atoms with Crippen LogP contribution in [0.2, 0.25) is 0 Å². The molecule has 1 aromatic carbocycles. The van der Waals surface area contributed by atoms with Gasteiger partial charge in [0.05, 0.1) is 16.9 Å². The zero-order valence-corrected chi connectivity index (χ0v) is 12.0. The largest absolute Gasteiger partial charge is 0.397 e. The summed E-state index contributed by atoms with van der Waals surface area (Å²) >= 11 is 2.06. The number of rotatable bonds is 3. The van der Waals surface area contributed by atoms with Crippen LogP contribution in [-0.4, -0.2) is 22.0 Å². The quantitative estimate of drug-likeness (QED) is 0.840. The van der Waals surface area contributed by atoms with Gasteiger partial charge in [0.2, 0.25) is 0 Å². The second kappa shape index (κ2) is 4.93. The van der Waals surface area contributed by atoms with E-state index in [2.05, 4.69) is 29.0 Å². The van der Waals surface area contributed by atoms with Gasteiger partial charge in [-0.25, -0.2) is 0 Å². The molecule has 0 radical (unpaired) electrons. The average Bonchev–Trinajstić information content (AvgIpc) is 2.86. The van der Waals surface area contributed by atoms with E-state index in [1.165, 1.54) is 18.6 Å². The number of hydrogen-bond acceptors (Lipinski definition) is 4. The molecule has 100 valence electrons. The molecule has 0 saturated carbocycles. The van der Waals surface area contributed by atoms with Crippen molar-refractivity contribution in [2.75, 3.05) is 23.3 Å². The van der Waals surface area contributed by atoms with Crippen LogP contribution in [0.5, 0.6) is 0 Å². The Labute approximate surface area is 118 Å². The van der Waals surface area contributed by atoms with E-state index in [-0.39, 0.29) is 0 Å². The highest BCUT2D eigenvalue weighted by molar-refractivity contribution is 8.00. The number of nitrogens with zero attached hydrogens (tertiary/aromatic N) is 1. The number of benzene rings is 1. The molecule has 2 aromatic rings. The number of nitrogen functional groups attached to an aromatic ring is 1. The maximum Gasteiger partial charge on any atom is 0.0724 e. The highest BCUT2D eigenvalue weighted by Gasteiger charge is 2.29.